The van der Waals surface area contributed by atoms with Crippen molar-refractivity contribution in [1.82, 2.24) is 15.1 Å². The molecule has 0 aliphatic rings. The minimum absolute atomic E-state index is 0.922. The number of nitrogens with one attached hydrogen (secondary N) is 1. The molecular formula is C15H30N4. The molecule has 0 aromatic carbocycles. The number of aryl methyl sites for hydroxylation is 2. The van der Waals surface area contributed by atoms with Crippen LogP contribution in [0.2, 0.25) is 0 Å². The molecule has 0 atom stereocenters. The maximum Gasteiger partial charge on any atom is 0.131 e. The van der Waals surface area contributed by atoms with Crippen LogP contribution in [0.4, 0.5) is 5.82 Å². The van der Waals surface area contributed by atoms with E-state index in [0.29, 0.717) is 0 Å². The number of unbranched alkanes of at least 4 members (excludes halogenated alkanes) is 1. The molecule has 4 heteroatoms. The number of aromatic nitrogens is 2. The highest BCUT2D eigenvalue weighted by atomic mass is 15.4. The van der Waals surface area contributed by atoms with E-state index < -0.39 is 0 Å². The molecule has 19 heavy (non-hydrogen) atoms. The first kappa shape index (κ1) is 16.0. The Morgan fingerprint density at radius 3 is 2.53 bits per heavy atom. The molecule has 0 fully saturated rings. The van der Waals surface area contributed by atoms with Crippen molar-refractivity contribution in [3.05, 3.63) is 11.3 Å². The van der Waals surface area contributed by atoms with Crippen molar-refractivity contribution in [2.45, 2.75) is 53.5 Å². The van der Waals surface area contributed by atoms with Gasteiger partial charge in [0.25, 0.3) is 0 Å². The summed E-state index contributed by atoms with van der Waals surface area (Å²) in [5.41, 5.74) is 2.50. The molecule has 0 spiro atoms. The predicted molar refractivity (Wildman–Crippen MR) is 82.7 cm³/mol. The minimum atomic E-state index is 0.922. The summed E-state index contributed by atoms with van der Waals surface area (Å²) >= 11 is 0. The van der Waals surface area contributed by atoms with Crippen molar-refractivity contribution in [2.24, 2.45) is 7.05 Å². The van der Waals surface area contributed by atoms with Crippen molar-refractivity contribution in [1.29, 1.82) is 0 Å². The maximum atomic E-state index is 4.60. The van der Waals surface area contributed by atoms with Crippen LogP contribution in [-0.4, -0.2) is 29.4 Å². The average molecular weight is 266 g/mol. The van der Waals surface area contributed by atoms with Gasteiger partial charge in [-0.2, -0.15) is 5.10 Å². The molecule has 1 aromatic heterocycles. The van der Waals surface area contributed by atoms with Gasteiger partial charge in [0.1, 0.15) is 5.82 Å². The summed E-state index contributed by atoms with van der Waals surface area (Å²) in [6.45, 7) is 12.9. The summed E-state index contributed by atoms with van der Waals surface area (Å²) in [6, 6.07) is 0. The van der Waals surface area contributed by atoms with Crippen LogP contribution in [0.5, 0.6) is 0 Å². The summed E-state index contributed by atoms with van der Waals surface area (Å²) in [6.07, 6.45) is 3.64. The Bertz CT molecular complexity index is 370. The van der Waals surface area contributed by atoms with E-state index in [9.17, 15) is 0 Å². The quantitative estimate of drug-likeness (QED) is 0.698. The van der Waals surface area contributed by atoms with Gasteiger partial charge in [0.05, 0.1) is 5.69 Å². The van der Waals surface area contributed by atoms with Crippen molar-refractivity contribution in [2.75, 3.05) is 24.5 Å². The lowest BCUT2D eigenvalue weighted by Gasteiger charge is -2.24. The molecular weight excluding hydrogens is 236 g/mol. The van der Waals surface area contributed by atoms with Gasteiger partial charge in [-0.15, -0.1) is 0 Å². The summed E-state index contributed by atoms with van der Waals surface area (Å²) < 4.78 is 2.04. The van der Waals surface area contributed by atoms with Gasteiger partial charge in [0.2, 0.25) is 0 Å². The van der Waals surface area contributed by atoms with Crippen LogP contribution >= 0.6 is 0 Å². The molecule has 1 N–H and O–H groups in total. The molecule has 1 rings (SSSR count). The molecule has 0 bridgehead atoms. The largest absolute Gasteiger partial charge is 0.357 e. The highest BCUT2D eigenvalue weighted by Gasteiger charge is 2.17. The molecule has 0 unspecified atom stereocenters. The van der Waals surface area contributed by atoms with Crippen molar-refractivity contribution >= 4 is 5.82 Å². The normalized spacial score (nSPS) is 11.0. The second-order valence-corrected chi connectivity index (χ2v) is 5.12. The SMILES string of the molecule is CCCCN(CC)c1c(CNCCC)c(C)nn1C. The van der Waals surface area contributed by atoms with Crippen LogP contribution in [0, 0.1) is 6.92 Å². The first-order valence-electron chi connectivity index (χ1n) is 7.63. The fourth-order valence-corrected chi connectivity index (χ4v) is 2.45. The zero-order valence-corrected chi connectivity index (χ0v) is 13.3. The Balaban J connectivity index is 2.89. The fourth-order valence-electron chi connectivity index (χ4n) is 2.45. The van der Waals surface area contributed by atoms with E-state index in [2.05, 4.69) is 50.1 Å². The Labute approximate surface area is 118 Å². The van der Waals surface area contributed by atoms with E-state index in [1.165, 1.54) is 30.6 Å². The van der Waals surface area contributed by atoms with E-state index in [1.807, 2.05) is 4.68 Å². The van der Waals surface area contributed by atoms with Gasteiger partial charge < -0.3 is 10.2 Å². The van der Waals surface area contributed by atoms with Crippen molar-refractivity contribution in [3.63, 3.8) is 0 Å². The number of anilines is 1. The Morgan fingerprint density at radius 1 is 1.21 bits per heavy atom. The monoisotopic (exact) mass is 266 g/mol. The molecule has 0 radical (unpaired) electrons. The molecule has 0 aliphatic heterocycles. The standard InChI is InChI=1S/C15H30N4/c1-6-9-11-19(8-3)15-14(12-16-10-7-2)13(4)17-18(15)5/h16H,6-12H2,1-5H3. The van der Waals surface area contributed by atoms with Crippen LogP contribution in [0.25, 0.3) is 0 Å². The lowest BCUT2D eigenvalue weighted by molar-refractivity contribution is 0.656. The van der Waals surface area contributed by atoms with E-state index in [4.69, 9.17) is 0 Å². The zero-order chi connectivity index (χ0) is 14.3. The van der Waals surface area contributed by atoms with Crippen LogP contribution in [-0.2, 0) is 13.6 Å². The third-order valence-corrected chi connectivity index (χ3v) is 3.50. The van der Waals surface area contributed by atoms with E-state index >= 15 is 0 Å². The smallest absolute Gasteiger partial charge is 0.131 e. The first-order chi connectivity index (χ1) is 9.15. The van der Waals surface area contributed by atoms with Crippen LogP contribution in [0.1, 0.15) is 51.3 Å². The predicted octanol–water partition coefficient (Wildman–Crippen LogP) is 2.85. The molecule has 0 aliphatic carbocycles. The third kappa shape index (κ3) is 4.23. The maximum absolute atomic E-state index is 4.60. The van der Waals surface area contributed by atoms with E-state index in [1.54, 1.807) is 0 Å². The Morgan fingerprint density at radius 2 is 1.95 bits per heavy atom. The summed E-state index contributed by atoms with van der Waals surface area (Å²) in [5.74, 6) is 1.29. The Hall–Kier alpha value is -1.03. The molecule has 4 nitrogen and oxygen atoms in total. The van der Waals surface area contributed by atoms with Gasteiger partial charge in [-0.1, -0.05) is 20.3 Å². The average Bonchev–Trinajstić information content (AvgIpc) is 2.67. The van der Waals surface area contributed by atoms with Gasteiger partial charge in [0, 0.05) is 32.2 Å². The fraction of sp³-hybridized carbons (Fsp3) is 0.800. The first-order valence-corrected chi connectivity index (χ1v) is 7.63. The second-order valence-electron chi connectivity index (χ2n) is 5.12. The van der Waals surface area contributed by atoms with Crippen molar-refractivity contribution in [3.8, 4) is 0 Å². The number of rotatable bonds is 9. The molecule has 1 heterocycles. The van der Waals surface area contributed by atoms with Crippen LogP contribution in [0.15, 0.2) is 0 Å². The lowest BCUT2D eigenvalue weighted by atomic mass is 10.2. The topological polar surface area (TPSA) is 33.1 Å². The van der Waals surface area contributed by atoms with Gasteiger partial charge in [0.15, 0.2) is 0 Å². The van der Waals surface area contributed by atoms with Crippen LogP contribution in [0.3, 0.4) is 0 Å². The van der Waals surface area contributed by atoms with Crippen molar-refractivity contribution < 1.29 is 0 Å². The lowest BCUT2D eigenvalue weighted by Crippen LogP contribution is -2.28. The van der Waals surface area contributed by atoms with E-state index in [-0.39, 0.29) is 0 Å². The van der Waals surface area contributed by atoms with Gasteiger partial charge >= 0.3 is 0 Å². The summed E-state index contributed by atoms with van der Waals surface area (Å²) in [7, 11) is 2.06. The molecule has 1 aromatic rings. The van der Waals surface area contributed by atoms with Crippen LogP contribution < -0.4 is 10.2 Å². The van der Waals surface area contributed by atoms with E-state index in [0.717, 1.165) is 31.9 Å². The molecule has 0 saturated heterocycles. The number of nitrogens with zero attached hydrogens (tertiary/aromatic N) is 3. The Kier molecular flexibility index (Phi) is 6.92. The third-order valence-electron chi connectivity index (χ3n) is 3.50. The minimum Gasteiger partial charge on any atom is -0.357 e. The van der Waals surface area contributed by atoms with Gasteiger partial charge in [-0.25, -0.2) is 0 Å². The number of hydrogen-bond donors (Lipinski definition) is 1. The van der Waals surface area contributed by atoms with Gasteiger partial charge in [-0.05, 0) is 33.2 Å². The van der Waals surface area contributed by atoms with Gasteiger partial charge in [-0.3, -0.25) is 4.68 Å². The molecule has 110 valence electrons. The molecule has 0 amide bonds. The highest BCUT2D eigenvalue weighted by Crippen LogP contribution is 2.23. The second kappa shape index (κ2) is 8.20. The summed E-state index contributed by atoms with van der Waals surface area (Å²) in [4.78, 5) is 2.45. The number of hydrogen-bond acceptors (Lipinski definition) is 3. The highest BCUT2D eigenvalue weighted by molar-refractivity contribution is 5.50. The summed E-state index contributed by atoms with van der Waals surface area (Å²) in [5, 5.41) is 8.10. The zero-order valence-electron chi connectivity index (χ0n) is 13.3. The molecule has 0 saturated carbocycles.